The summed E-state index contributed by atoms with van der Waals surface area (Å²) in [6.07, 6.45) is 0.339. The van der Waals surface area contributed by atoms with Crippen molar-refractivity contribution in [2.45, 2.75) is 75.1 Å². The lowest BCUT2D eigenvalue weighted by molar-refractivity contribution is -0.148. The lowest BCUT2D eigenvalue weighted by atomic mass is 10.2. The molecule has 24 nitrogen and oxygen atoms in total. The molecular formula is C33H55N11O13S6. The predicted molar refractivity (Wildman–Crippen MR) is 247 cm³/mol. The molecule has 0 aliphatic heterocycles. The van der Waals surface area contributed by atoms with Crippen LogP contribution in [0.1, 0.15) is 20.8 Å². The van der Waals surface area contributed by atoms with Crippen LogP contribution in [0.4, 0.5) is 0 Å². The van der Waals surface area contributed by atoms with Gasteiger partial charge in [-0.25, -0.2) is 4.79 Å². The van der Waals surface area contributed by atoms with E-state index >= 15 is 0 Å². The van der Waals surface area contributed by atoms with E-state index in [9.17, 15) is 57.5 Å². The largest absolute Gasteiger partial charge is 0.456 e. The van der Waals surface area contributed by atoms with Gasteiger partial charge >= 0.3 is 5.97 Å². The van der Waals surface area contributed by atoms with Crippen molar-refractivity contribution in [1.29, 1.82) is 0 Å². The van der Waals surface area contributed by atoms with Crippen molar-refractivity contribution < 1.29 is 62.3 Å². The maximum Gasteiger partial charge on any atom is 0.329 e. The number of rotatable bonds is 29. The fourth-order valence-corrected chi connectivity index (χ4v) is 5.80. The maximum atomic E-state index is 13.0. The maximum absolute atomic E-state index is 13.0. The zero-order valence-corrected chi connectivity index (χ0v) is 39.6. The molecule has 0 fully saturated rings. The Morgan fingerprint density at radius 2 is 0.762 bits per heavy atom. The average Bonchev–Trinajstić information content (AvgIpc) is 3.26. The summed E-state index contributed by atoms with van der Waals surface area (Å²) >= 11 is 24.1. The lowest BCUT2D eigenvalue weighted by Crippen LogP contribution is -2.60. The number of esters is 1. The Morgan fingerprint density at radius 1 is 0.444 bits per heavy atom. The second-order valence-electron chi connectivity index (χ2n) is 13.0. The Morgan fingerprint density at radius 3 is 1.10 bits per heavy atom. The molecule has 0 heterocycles. The molecule has 0 radical (unpaired) electrons. The molecule has 0 spiro atoms. The van der Waals surface area contributed by atoms with Gasteiger partial charge in [0.05, 0.1) is 19.1 Å². The molecule has 63 heavy (non-hydrogen) atoms. The van der Waals surface area contributed by atoms with Gasteiger partial charge in [0.25, 0.3) is 0 Å². The van der Waals surface area contributed by atoms with E-state index < -0.39 is 139 Å². The van der Waals surface area contributed by atoms with Gasteiger partial charge in [0, 0.05) is 34.5 Å². The first-order valence-electron chi connectivity index (χ1n) is 18.6. The molecule has 12 N–H and O–H groups in total. The van der Waals surface area contributed by atoms with Crippen LogP contribution >= 0.6 is 75.8 Å². The van der Waals surface area contributed by atoms with Gasteiger partial charge in [-0.1, -0.05) is 0 Å². The molecule has 0 aliphatic carbocycles. The number of thiol groups is 6. The Hall–Kier alpha value is -4.10. The summed E-state index contributed by atoms with van der Waals surface area (Å²) in [5, 5.41) is 23.4. The Balaban J connectivity index is 5.16. The molecule has 0 aromatic rings. The van der Waals surface area contributed by atoms with Crippen LogP contribution in [0.2, 0.25) is 0 Å². The van der Waals surface area contributed by atoms with Crippen LogP contribution in [0.25, 0.3) is 0 Å². The summed E-state index contributed by atoms with van der Waals surface area (Å²) in [5.41, 5.74) is 5.53. The van der Waals surface area contributed by atoms with Crippen LogP contribution in [0.3, 0.4) is 0 Å². The smallest absolute Gasteiger partial charge is 0.329 e. The van der Waals surface area contributed by atoms with E-state index in [2.05, 4.69) is 134 Å². The van der Waals surface area contributed by atoms with Crippen LogP contribution in [0.15, 0.2) is 0 Å². The third kappa shape index (κ3) is 22.4. The summed E-state index contributed by atoms with van der Waals surface area (Å²) in [5.74, 6) is -10.1. The van der Waals surface area contributed by atoms with Gasteiger partial charge in [-0.15, -0.1) is 0 Å². The van der Waals surface area contributed by atoms with Gasteiger partial charge in [-0.3, -0.25) is 52.7 Å². The molecular weight excluding hydrogens is 951 g/mol. The Bertz CT molecular complexity index is 1650. The zero-order valence-electron chi connectivity index (χ0n) is 34.2. The lowest BCUT2D eigenvalue weighted by Gasteiger charge is -2.25. The van der Waals surface area contributed by atoms with E-state index in [1.165, 1.54) is 20.8 Å². The molecule has 30 heteroatoms. The third-order valence-electron chi connectivity index (χ3n) is 8.01. The third-order valence-corrected chi connectivity index (χ3v) is 10.2. The highest BCUT2D eigenvalue weighted by Crippen LogP contribution is 2.00. The van der Waals surface area contributed by atoms with Crippen LogP contribution in [0.5, 0.6) is 0 Å². The highest BCUT2D eigenvalue weighted by atomic mass is 32.1. The second kappa shape index (κ2) is 31.7. The van der Waals surface area contributed by atoms with Crippen molar-refractivity contribution in [3.63, 3.8) is 0 Å². The van der Waals surface area contributed by atoms with E-state index in [0.29, 0.717) is 6.29 Å². The minimum atomic E-state index is -1.33. The molecule has 10 amide bonds. The molecule has 0 rings (SSSR count). The van der Waals surface area contributed by atoms with Crippen molar-refractivity contribution in [2.75, 3.05) is 54.2 Å². The molecule has 356 valence electrons. The number of carbonyl (C=O) groups excluding carboxylic acids is 12. The summed E-state index contributed by atoms with van der Waals surface area (Å²) < 4.78 is 4.62. The Labute approximate surface area is 395 Å². The molecule has 0 unspecified atom stereocenters. The molecule has 0 aromatic heterocycles. The minimum Gasteiger partial charge on any atom is -0.456 e. The van der Waals surface area contributed by atoms with Crippen LogP contribution in [-0.2, 0) is 62.3 Å². The van der Waals surface area contributed by atoms with Crippen LogP contribution in [-0.4, -0.2) is 180 Å². The monoisotopic (exact) mass is 1010 g/mol. The van der Waals surface area contributed by atoms with Gasteiger partial charge in [-0.05, 0) is 20.8 Å². The highest BCUT2D eigenvalue weighted by molar-refractivity contribution is 7.81. The fourth-order valence-electron chi connectivity index (χ4n) is 4.36. The summed E-state index contributed by atoms with van der Waals surface area (Å²) in [7, 11) is 0. The number of aldehydes is 1. The number of carbonyl (C=O) groups is 12. The number of nitrogens with one attached hydrogen (secondary N) is 10. The van der Waals surface area contributed by atoms with Crippen molar-refractivity contribution in [1.82, 2.24) is 53.2 Å². The van der Waals surface area contributed by atoms with E-state index in [0.717, 1.165) is 0 Å². The van der Waals surface area contributed by atoms with E-state index in [1.54, 1.807) is 0 Å². The molecule has 0 aromatic carbocycles. The first-order valence-corrected chi connectivity index (χ1v) is 22.4. The van der Waals surface area contributed by atoms with Gasteiger partial charge in [-0.2, -0.15) is 75.8 Å². The first-order chi connectivity index (χ1) is 29.6. The van der Waals surface area contributed by atoms with Crippen molar-refractivity contribution >= 4 is 147 Å². The van der Waals surface area contributed by atoms with Gasteiger partial charge in [0.1, 0.15) is 54.9 Å². The van der Waals surface area contributed by atoms with Gasteiger partial charge in [0.15, 0.2) is 6.29 Å². The number of amides is 10. The number of hydrogen-bond donors (Lipinski definition) is 17. The molecule has 0 bridgehead atoms. The van der Waals surface area contributed by atoms with Gasteiger partial charge < -0.3 is 63.6 Å². The SMILES string of the molecule is C[C@H](NC(=O)[C@H](CS)NC(=O)CNC(=O)[C@@H](N)CS)C(=O)N[C@@H](CS)C(=O)N[C@@H](C)C(=O)N[C@@H](CS)C(=O)N[C@@H](C)C(=O)N[C@@H](CS)C(=O)NCC(=O)N[C@@H](CS)C(=O)OCC=O. The highest BCUT2D eigenvalue weighted by Gasteiger charge is 2.31. The normalized spacial score (nSPS) is 15.0. The van der Waals surface area contributed by atoms with E-state index in [-0.39, 0.29) is 34.5 Å². The number of ether oxygens (including phenoxy) is 1. The topological polar surface area (TPSA) is 360 Å². The predicted octanol–water partition coefficient (Wildman–Crippen LogP) is -7.19. The van der Waals surface area contributed by atoms with Crippen LogP contribution < -0.4 is 58.9 Å². The first kappa shape index (κ1) is 58.9. The molecule has 9 atom stereocenters. The molecule has 0 aliphatic rings. The number of nitrogens with two attached hydrogens (primary N) is 1. The fraction of sp³-hybridized carbons (Fsp3) is 0.636. The van der Waals surface area contributed by atoms with Crippen LogP contribution in [0, 0.1) is 0 Å². The standard InChI is InChI=1S/C33H55N11O13S6/c1-14(25(48)42-18(9-59)29(52)36-7-24(47)41-22(13-63)33(56)57-5-4-45)38-31(54)20(11-61)44-27(50)16(3)39-32(55)21(12-62)43-26(49)15(2)37-30(53)19(10-60)40-23(46)6-35-28(51)17(34)8-58/h4,14-22,58-63H,5-13,34H2,1-3H3,(H,35,51)(H,36,52)(H,37,53)(H,38,54)(H,39,55)(H,40,46)(H,41,47)(H,42,48)(H,43,49)(H,44,50)/t14-,15-,16-,17-,18-,19-,20-,21-,22-/m0/s1. The summed E-state index contributed by atoms with van der Waals surface area (Å²) in [6.45, 7) is 2.20. The van der Waals surface area contributed by atoms with E-state index in [4.69, 9.17) is 5.73 Å². The quantitative estimate of drug-likeness (QED) is 0.0188. The Kier molecular flexibility index (Phi) is 29.6. The van der Waals surface area contributed by atoms with E-state index in [1.807, 2.05) is 0 Å². The molecule has 0 saturated carbocycles. The molecule has 0 saturated heterocycles. The van der Waals surface area contributed by atoms with Gasteiger partial charge in [0.2, 0.25) is 59.1 Å². The van der Waals surface area contributed by atoms with Crippen molar-refractivity contribution in [3.05, 3.63) is 0 Å². The summed E-state index contributed by atoms with van der Waals surface area (Å²) in [6, 6.07) is -11.1. The van der Waals surface area contributed by atoms with Crippen molar-refractivity contribution in [2.24, 2.45) is 5.73 Å². The zero-order chi connectivity index (χ0) is 48.4. The number of hydrogen-bond acceptors (Lipinski definition) is 20. The second-order valence-corrected chi connectivity index (χ2v) is 15.2. The minimum absolute atomic E-state index is 0.0384. The summed E-state index contributed by atoms with van der Waals surface area (Å²) in [4.78, 5) is 149. The van der Waals surface area contributed by atoms with Crippen molar-refractivity contribution in [3.8, 4) is 0 Å². The average molecular weight is 1010 g/mol.